The number of ether oxygens (including phenoxy) is 1. The SMILES string of the molecule is O=C1O[C@H]([C@@H](O)CO)C(=O)C1OP(=O)(O)O. The van der Waals surface area contributed by atoms with Gasteiger partial charge in [0.05, 0.1) is 6.61 Å². The number of cyclic esters (lactones) is 1. The van der Waals surface area contributed by atoms with Crippen LogP contribution in [-0.4, -0.2) is 56.7 Å². The van der Waals surface area contributed by atoms with E-state index >= 15 is 0 Å². The van der Waals surface area contributed by atoms with Crippen LogP contribution in [0.1, 0.15) is 0 Å². The van der Waals surface area contributed by atoms with Crippen molar-refractivity contribution in [3.63, 3.8) is 0 Å². The van der Waals surface area contributed by atoms with Crippen molar-refractivity contribution in [2.24, 2.45) is 0 Å². The van der Waals surface area contributed by atoms with Gasteiger partial charge in [-0.1, -0.05) is 0 Å². The molecule has 1 unspecified atom stereocenters. The summed E-state index contributed by atoms with van der Waals surface area (Å²) < 4.78 is 18.6. The maximum absolute atomic E-state index is 11.3. The molecule has 1 aliphatic rings. The van der Waals surface area contributed by atoms with Crippen molar-refractivity contribution in [3.8, 4) is 0 Å². The van der Waals surface area contributed by atoms with Crippen LogP contribution in [0.25, 0.3) is 0 Å². The highest BCUT2D eigenvalue weighted by molar-refractivity contribution is 7.46. The van der Waals surface area contributed by atoms with Crippen LogP contribution in [0.4, 0.5) is 0 Å². The second-order valence-corrected chi connectivity index (χ2v) is 4.18. The van der Waals surface area contributed by atoms with E-state index in [1.54, 1.807) is 0 Å². The topological polar surface area (TPSA) is 151 Å². The number of Topliss-reactive ketones (excluding diaryl/α,β-unsaturated/α-hetero) is 1. The van der Waals surface area contributed by atoms with Gasteiger partial charge in [-0.2, -0.15) is 0 Å². The normalized spacial score (nSPS) is 28.0. The third-order valence-electron chi connectivity index (χ3n) is 1.78. The molecule has 1 saturated heterocycles. The van der Waals surface area contributed by atoms with Crippen LogP contribution in [0.5, 0.6) is 0 Å². The van der Waals surface area contributed by atoms with Gasteiger partial charge in [-0.25, -0.2) is 9.36 Å². The monoisotopic (exact) mass is 256 g/mol. The van der Waals surface area contributed by atoms with Crippen molar-refractivity contribution in [2.45, 2.75) is 18.3 Å². The summed E-state index contributed by atoms with van der Waals surface area (Å²) in [5.41, 5.74) is 0. The summed E-state index contributed by atoms with van der Waals surface area (Å²) in [5.74, 6) is -2.46. The lowest BCUT2D eigenvalue weighted by molar-refractivity contribution is -0.151. The highest BCUT2D eigenvalue weighted by atomic mass is 31.2. The molecule has 1 heterocycles. The Morgan fingerprint density at radius 2 is 2.00 bits per heavy atom. The molecule has 16 heavy (non-hydrogen) atoms. The zero-order valence-corrected chi connectivity index (χ0v) is 8.61. The number of ketones is 1. The molecular weight excluding hydrogens is 247 g/mol. The van der Waals surface area contributed by atoms with Gasteiger partial charge in [0.2, 0.25) is 11.9 Å². The van der Waals surface area contributed by atoms with E-state index in [-0.39, 0.29) is 0 Å². The number of carbonyl (C=O) groups excluding carboxylic acids is 2. The maximum atomic E-state index is 11.3. The fourth-order valence-corrected chi connectivity index (χ4v) is 1.57. The Balaban J connectivity index is 2.79. The van der Waals surface area contributed by atoms with Gasteiger partial charge >= 0.3 is 13.8 Å². The number of rotatable bonds is 4. The fraction of sp³-hybridized carbons (Fsp3) is 0.667. The predicted octanol–water partition coefficient (Wildman–Crippen LogP) is -2.69. The summed E-state index contributed by atoms with van der Waals surface area (Å²) in [6.45, 7) is -0.841. The molecule has 0 aliphatic carbocycles. The Morgan fingerprint density at radius 3 is 2.44 bits per heavy atom. The zero-order valence-electron chi connectivity index (χ0n) is 7.72. The molecule has 0 saturated carbocycles. The van der Waals surface area contributed by atoms with Crippen LogP contribution >= 0.6 is 7.82 Å². The second kappa shape index (κ2) is 4.58. The summed E-state index contributed by atoms with van der Waals surface area (Å²) in [7, 11) is -5.02. The van der Waals surface area contributed by atoms with E-state index in [2.05, 4.69) is 9.26 Å². The summed E-state index contributed by atoms with van der Waals surface area (Å²) in [5, 5.41) is 17.6. The van der Waals surface area contributed by atoms with Gasteiger partial charge in [-0.3, -0.25) is 9.32 Å². The molecule has 92 valence electrons. The van der Waals surface area contributed by atoms with Crippen LogP contribution in [0, 0.1) is 0 Å². The summed E-state index contributed by atoms with van der Waals surface area (Å²) in [4.78, 5) is 39.1. The minimum atomic E-state index is -5.02. The number of aliphatic hydroxyl groups excluding tert-OH is 2. The van der Waals surface area contributed by atoms with E-state index < -0.39 is 44.5 Å². The highest BCUT2D eigenvalue weighted by Gasteiger charge is 2.50. The number of hydrogen-bond acceptors (Lipinski definition) is 7. The van der Waals surface area contributed by atoms with Gasteiger partial charge in [0, 0.05) is 0 Å². The van der Waals surface area contributed by atoms with Gasteiger partial charge in [-0.05, 0) is 0 Å². The van der Waals surface area contributed by atoms with E-state index in [1.807, 2.05) is 0 Å². The summed E-state index contributed by atoms with van der Waals surface area (Å²) >= 11 is 0. The minimum Gasteiger partial charge on any atom is -0.449 e. The van der Waals surface area contributed by atoms with E-state index in [0.717, 1.165) is 0 Å². The molecule has 0 radical (unpaired) electrons. The molecule has 3 atom stereocenters. The number of aliphatic hydroxyl groups is 2. The van der Waals surface area contributed by atoms with Gasteiger partial charge in [-0.15, -0.1) is 0 Å². The van der Waals surface area contributed by atoms with Crippen LogP contribution in [-0.2, 0) is 23.4 Å². The van der Waals surface area contributed by atoms with Crippen LogP contribution < -0.4 is 0 Å². The standard InChI is InChI=1S/C6H9O9P/c7-1-2(8)4-3(9)5(6(10)14-4)15-16(11,12)13/h2,4-5,7-8H,1H2,(H2,11,12,13)/t2-,4+,5?/m0/s1. The van der Waals surface area contributed by atoms with Gasteiger partial charge in [0.15, 0.2) is 6.10 Å². The number of phosphoric acid groups is 1. The molecule has 4 N–H and O–H groups in total. The molecule has 1 fully saturated rings. The molecule has 0 aromatic rings. The lowest BCUT2D eigenvalue weighted by Crippen LogP contribution is -2.37. The number of hydrogen-bond donors (Lipinski definition) is 4. The third kappa shape index (κ3) is 2.85. The molecule has 9 nitrogen and oxygen atoms in total. The van der Waals surface area contributed by atoms with E-state index in [4.69, 9.17) is 20.0 Å². The zero-order chi connectivity index (χ0) is 12.5. The average molecular weight is 256 g/mol. The maximum Gasteiger partial charge on any atom is 0.470 e. The third-order valence-corrected chi connectivity index (χ3v) is 2.26. The Labute approximate surface area is 88.8 Å². The first-order chi connectivity index (χ1) is 7.26. The Bertz CT molecular complexity index is 346. The quantitative estimate of drug-likeness (QED) is 0.239. The van der Waals surface area contributed by atoms with E-state index in [0.29, 0.717) is 0 Å². The van der Waals surface area contributed by atoms with Gasteiger partial charge in [0.1, 0.15) is 6.10 Å². The Hall–Kier alpha value is -0.830. The first kappa shape index (κ1) is 13.2. The van der Waals surface area contributed by atoms with Gasteiger partial charge in [0.25, 0.3) is 0 Å². The van der Waals surface area contributed by atoms with Crippen molar-refractivity contribution in [2.75, 3.05) is 6.61 Å². The van der Waals surface area contributed by atoms with Crippen LogP contribution in [0.15, 0.2) is 0 Å². The smallest absolute Gasteiger partial charge is 0.449 e. The van der Waals surface area contributed by atoms with E-state index in [9.17, 15) is 14.2 Å². The van der Waals surface area contributed by atoms with Crippen molar-refractivity contribution >= 4 is 19.6 Å². The average Bonchev–Trinajstić information content (AvgIpc) is 2.42. The molecule has 0 aromatic heterocycles. The summed E-state index contributed by atoms with van der Waals surface area (Å²) in [6.07, 6.45) is -5.40. The highest BCUT2D eigenvalue weighted by Crippen LogP contribution is 2.39. The van der Waals surface area contributed by atoms with E-state index in [1.165, 1.54) is 0 Å². The van der Waals surface area contributed by atoms with Crippen molar-refractivity contribution in [3.05, 3.63) is 0 Å². The number of phosphoric ester groups is 1. The number of esters is 1. The number of carbonyl (C=O) groups is 2. The second-order valence-electron chi connectivity index (χ2n) is 2.99. The molecule has 10 heteroatoms. The van der Waals surface area contributed by atoms with Crippen molar-refractivity contribution in [1.82, 2.24) is 0 Å². The summed E-state index contributed by atoms with van der Waals surface area (Å²) in [6, 6.07) is 0. The Morgan fingerprint density at radius 1 is 1.44 bits per heavy atom. The molecule has 0 amide bonds. The van der Waals surface area contributed by atoms with Gasteiger partial charge < -0.3 is 24.7 Å². The minimum absolute atomic E-state index is 0.841. The molecular formula is C6H9O9P. The largest absolute Gasteiger partial charge is 0.470 e. The fourth-order valence-electron chi connectivity index (χ4n) is 1.11. The molecule has 0 aromatic carbocycles. The van der Waals surface area contributed by atoms with Crippen LogP contribution in [0.3, 0.4) is 0 Å². The lowest BCUT2D eigenvalue weighted by Gasteiger charge is -2.12. The van der Waals surface area contributed by atoms with Crippen LogP contribution in [0.2, 0.25) is 0 Å². The molecule has 0 bridgehead atoms. The Kier molecular flexibility index (Phi) is 3.79. The molecule has 0 spiro atoms. The first-order valence-corrected chi connectivity index (χ1v) is 5.56. The van der Waals surface area contributed by atoms with Crippen molar-refractivity contribution < 1.29 is 43.4 Å². The molecule has 1 aliphatic heterocycles. The van der Waals surface area contributed by atoms with Crippen molar-refractivity contribution in [1.29, 1.82) is 0 Å². The molecule has 1 rings (SSSR count). The lowest BCUT2D eigenvalue weighted by atomic mass is 10.1. The predicted molar refractivity (Wildman–Crippen MR) is 44.9 cm³/mol. The first-order valence-electron chi connectivity index (χ1n) is 4.03.